The van der Waals surface area contributed by atoms with Crippen LogP contribution in [0.3, 0.4) is 0 Å². The van der Waals surface area contributed by atoms with E-state index in [1.807, 2.05) is 30.3 Å². The van der Waals surface area contributed by atoms with E-state index in [0.717, 1.165) is 11.3 Å². The van der Waals surface area contributed by atoms with Gasteiger partial charge in [0.25, 0.3) is 0 Å². The van der Waals surface area contributed by atoms with Gasteiger partial charge in [-0.3, -0.25) is 10.8 Å². The molecule has 3 N–H and O–H groups in total. The first-order valence-corrected chi connectivity index (χ1v) is 5.79. The molecular formula is C12H11Cl2N3. The molecule has 1 aromatic heterocycles. The Bertz CT molecular complexity index is 499. The molecule has 17 heavy (non-hydrogen) atoms. The maximum absolute atomic E-state index is 5.95. The third-order valence-electron chi connectivity index (χ3n) is 2.39. The SMILES string of the molecule is NNC(c1cccc(Cl)c1)c1ccc(Cl)cn1. The Labute approximate surface area is 110 Å². The third-order valence-corrected chi connectivity index (χ3v) is 2.85. The van der Waals surface area contributed by atoms with Crippen molar-refractivity contribution in [1.82, 2.24) is 10.4 Å². The van der Waals surface area contributed by atoms with Gasteiger partial charge in [0.1, 0.15) is 0 Å². The average Bonchev–Trinajstić information content (AvgIpc) is 2.33. The number of benzene rings is 1. The summed E-state index contributed by atoms with van der Waals surface area (Å²) in [5.41, 5.74) is 4.46. The molecule has 3 nitrogen and oxygen atoms in total. The lowest BCUT2D eigenvalue weighted by atomic mass is 10.0. The summed E-state index contributed by atoms with van der Waals surface area (Å²) in [4.78, 5) is 4.24. The fraction of sp³-hybridized carbons (Fsp3) is 0.0833. The fourth-order valence-electron chi connectivity index (χ4n) is 1.60. The second-order valence-electron chi connectivity index (χ2n) is 3.56. The molecule has 1 unspecified atom stereocenters. The van der Waals surface area contributed by atoms with E-state index in [2.05, 4.69) is 10.4 Å². The first-order valence-electron chi connectivity index (χ1n) is 5.04. The monoisotopic (exact) mass is 267 g/mol. The van der Waals surface area contributed by atoms with Crippen LogP contribution >= 0.6 is 23.2 Å². The Hall–Kier alpha value is -1.13. The van der Waals surface area contributed by atoms with Gasteiger partial charge in [0.2, 0.25) is 0 Å². The van der Waals surface area contributed by atoms with Crippen LogP contribution in [0.4, 0.5) is 0 Å². The van der Waals surface area contributed by atoms with Gasteiger partial charge in [0, 0.05) is 11.2 Å². The molecule has 0 spiro atoms. The van der Waals surface area contributed by atoms with Gasteiger partial charge < -0.3 is 0 Å². The summed E-state index contributed by atoms with van der Waals surface area (Å²) in [6.45, 7) is 0. The van der Waals surface area contributed by atoms with Crippen LogP contribution in [0.1, 0.15) is 17.3 Å². The Balaban J connectivity index is 2.36. The molecule has 0 amide bonds. The fourth-order valence-corrected chi connectivity index (χ4v) is 1.91. The van der Waals surface area contributed by atoms with Gasteiger partial charge in [-0.15, -0.1) is 0 Å². The second-order valence-corrected chi connectivity index (χ2v) is 4.43. The molecule has 0 bridgehead atoms. The standard InChI is InChI=1S/C12H11Cl2N3/c13-9-3-1-2-8(6-9)12(17-15)11-5-4-10(14)7-16-11/h1-7,12,17H,15H2. The average molecular weight is 268 g/mol. The number of hydrazine groups is 1. The van der Waals surface area contributed by atoms with Gasteiger partial charge in [-0.1, -0.05) is 35.3 Å². The van der Waals surface area contributed by atoms with Gasteiger partial charge in [-0.05, 0) is 29.8 Å². The summed E-state index contributed by atoms with van der Waals surface area (Å²) < 4.78 is 0. The molecule has 5 heteroatoms. The van der Waals surface area contributed by atoms with Crippen molar-refractivity contribution in [2.24, 2.45) is 5.84 Å². The number of aromatic nitrogens is 1. The normalized spacial score (nSPS) is 12.4. The molecule has 0 radical (unpaired) electrons. The van der Waals surface area contributed by atoms with Crippen molar-refractivity contribution in [1.29, 1.82) is 0 Å². The van der Waals surface area contributed by atoms with Gasteiger partial charge in [0.15, 0.2) is 0 Å². The molecule has 0 aliphatic rings. The van der Waals surface area contributed by atoms with E-state index in [1.165, 1.54) is 0 Å². The van der Waals surface area contributed by atoms with Crippen molar-refractivity contribution < 1.29 is 0 Å². The van der Waals surface area contributed by atoms with Crippen molar-refractivity contribution in [3.63, 3.8) is 0 Å². The van der Waals surface area contributed by atoms with Gasteiger partial charge >= 0.3 is 0 Å². The lowest BCUT2D eigenvalue weighted by Crippen LogP contribution is -2.29. The van der Waals surface area contributed by atoms with Crippen LogP contribution in [0.2, 0.25) is 10.0 Å². The highest BCUT2D eigenvalue weighted by atomic mass is 35.5. The van der Waals surface area contributed by atoms with E-state index in [0.29, 0.717) is 10.0 Å². The lowest BCUT2D eigenvalue weighted by Gasteiger charge is -2.16. The van der Waals surface area contributed by atoms with E-state index in [4.69, 9.17) is 29.0 Å². The van der Waals surface area contributed by atoms with Crippen LogP contribution in [-0.4, -0.2) is 4.98 Å². The highest BCUT2D eigenvalue weighted by Gasteiger charge is 2.13. The molecule has 0 fully saturated rings. The van der Waals surface area contributed by atoms with E-state index < -0.39 is 0 Å². The molecule has 0 aliphatic heterocycles. The predicted molar refractivity (Wildman–Crippen MR) is 69.9 cm³/mol. The lowest BCUT2D eigenvalue weighted by molar-refractivity contribution is 0.621. The predicted octanol–water partition coefficient (Wildman–Crippen LogP) is 2.94. The smallest absolute Gasteiger partial charge is 0.0881 e. The first kappa shape index (κ1) is 12.3. The Kier molecular flexibility index (Phi) is 3.97. The van der Waals surface area contributed by atoms with Crippen molar-refractivity contribution in [2.75, 3.05) is 0 Å². The number of hydrogen-bond acceptors (Lipinski definition) is 3. The second kappa shape index (κ2) is 5.47. The molecule has 2 aromatic rings. The number of pyridine rings is 1. The van der Waals surface area contributed by atoms with Crippen LogP contribution in [-0.2, 0) is 0 Å². The molecular weight excluding hydrogens is 257 g/mol. The minimum Gasteiger partial charge on any atom is -0.271 e. The summed E-state index contributed by atoms with van der Waals surface area (Å²) in [5.74, 6) is 5.56. The molecule has 1 heterocycles. The number of halogens is 2. The molecule has 88 valence electrons. The number of hydrogen-bond donors (Lipinski definition) is 2. The summed E-state index contributed by atoms with van der Waals surface area (Å²) in [6, 6.07) is 10.9. The van der Waals surface area contributed by atoms with Crippen LogP contribution < -0.4 is 11.3 Å². The van der Waals surface area contributed by atoms with E-state index >= 15 is 0 Å². The van der Waals surface area contributed by atoms with Gasteiger partial charge in [-0.2, -0.15) is 0 Å². The number of rotatable bonds is 3. The molecule has 1 atom stereocenters. The van der Waals surface area contributed by atoms with Crippen LogP contribution in [0, 0.1) is 0 Å². The topological polar surface area (TPSA) is 50.9 Å². The number of nitrogens with two attached hydrogens (primary N) is 1. The van der Waals surface area contributed by atoms with Crippen molar-refractivity contribution in [2.45, 2.75) is 6.04 Å². The molecule has 0 aliphatic carbocycles. The van der Waals surface area contributed by atoms with Crippen molar-refractivity contribution >= 4 is 23.2 Å². The van der Waals surface area contributed by atoms with Gasteiger partial charge in [-0.25, -0.2) is 5.43 Å². The largest absolute Gasteiger partial charge is 0.271 e. The third kappa shape index (κ3) is 2.96. The minimum atomic E-state index is -0.203. The number of nitrogens with one attached hydrogen (secondary N) is 1. The Morgan fingerprint density at radius 3 is 2.53 bits per heavy atom. The quantitative estimate of drug-likeness (QED) is 0.664. The Morgan fingerprint density at radius 2 is 1.94 bits per heavy atom. The van der Waals surface area contributed by atoms with Crippen molar-refractivity contribution in [3.8, 4) is 0 Å². The van der Waals surface area contributed by atoms with Crippen LogP contribution in [0.5, 0.6) is 0 Å². The molecule has 0 saturated carbocycles. The summed E-state index contributed by atoms with van der Waals surface area (Å²) in [7, 11) is 0. The summed E-state index contributed by atoms with van der Waals surface area (Å²) >= 11 is 11.7. The molecule has 1 aromatic carbocycles. The van der Waals surface area contributed by atoms with E-state index in [-0.39, 0.29) is 6.04 Å². The zero-order valence-corrected chi connectivity index (χ0v) is 10.4. The van der Waals surface area contributed by atoms with E-state index in [1.54, 1.807) is 12.3 Å². The number of nitrogens with zero attached hydrogens (tertiary/aromatic N) is 1. The highest BCUT2D eigenvalue weighted by Crippen LogP contribution is 2.23. The van der Waals surface area contributed by atoms with E-state index in [9.17, 15) is 0 Å². The van der Waals surface area contributed by atoms with Gasteiger partial charge in [0.05, 0.1) is 16.8 Å². The molecule has 2 rings (SSSR count). The maximum atomic E-state index is 5.95. The zero-order valence-electron chi connectivity index (χ0n) is 8.90. The Morgan fingerprint density at radius 1 is 1.12 bits per heavy atom. The van der Waals surface area contributed by atoms with Crippen LogP contribution in [0.15, 0.2) is 42.6 Å². The molecule has 0 saturated heterocycles. The van der Waals surface area contributed by atoms with Crippen LogP contribution in [0.25, 0.3) is 0 Å². The summed E-state index contributed by atoms with van der Waals surface area (Å²) in [6.07, 6.45) is 1.59. The van der Waals surface area contributed by atoms with Crippen molar-refractivity contribution in [3.05, 3.63) is 63.9 Å². The summed E-state index contributed by atoms with van der Waals surface area (Å²) in [5, 5.41) is 1.26. The first-order chi connectivity index (χ1) is 8.20. The zero-order chi connectivity index (χ0) is 12.3. The highest BCUT2D eigenvalue weighted by molar-refractivity contribution is 6.30. The maximum Gasteiger partial charge on any atom is 0.0881 e. The minimum absolute atomic E-state index is 0.203.